The first-order valence-electron chi connectivity index (χ1n) is 9.26. The van der Waals surface area contributed by atoms with Crippen LogP contribution in [-0.4, -0.2) is 53.7 Å². The molecule has 0 aromatic heterocycles. The molecular weight excluding hydrogens is 475 g/mol. The van der Waals surface area contributed by atoms with Crippen molar-refractivity contribution in [1.29, 1.82) is 0 Å². The second kappa shape index (κ2) is 12.3. The van der Waals surface area contributed by atoms with Crippen molar-refractivity contribution in [3.8, 4) is 5.75 Å². The van der Waals surface area contributed by atoms with Gasteiger partial charge in [0.05, 0.1) is 6.54 Å². The minimum absolute atomic E-state index is 0. The number of hydrogen-bond donors (Lipinski definition) is 4. The number of hydrogen-bond acceptors (Lipinski definition) is 4. The lowest BCUT2D eigenvalue weighted by molar-refractivity contribution is 0.0953. The highest BCUT2D eigenvalue weighted by molar-refractivity contribution is 14.0. The van der Waals surface area contributed by atoms with Gasteiger partial charge in [0.1, 0.15) is 5.75 Å². The summed E-state index contributed by atoms with van der Waals surface area (Å²) in [6, 6.07) is 6.36. The predicted molar refractivity (Wildman–Crippen MR) is 125 cm³/mol. The van der Waals surface area contributed by atoms with Gasteiger partial charge in [0.2, 0.25) is 0 Å². The van der Waals surface area contributed by atoms with Crippen molar-refractivity contribution in [2.75, 3.05) is 31.9 Å². The number of nitrogens with zero attached hydrogens (tertiary/aromatic N) is 1. The van der Waals surface area contributed by atoms with Gasteiger partial charge in [-0.3, -0.25) is 9.79 Å². The van der Waals surface area contributed by atoms with Crippen LogP contribution in [-0.2, 0) is 0 Å². The Kier molecular flexibility index (Phi) is 10.9. The lowest BCUT2D eigenvalue weighted by Gasteiger charge is -2.21. The van der Waals surface area contributed by atoms with Gasteiger partial charge in [0.25, 0.3) is 5.91 Å². The van der Waals surface area contributed by atoms with Crippen LogP contribution < -0.4 is 16.0 Å². The van der Waals surface area contributed by atoms with Crippen LogP contribution in [0.2, 0.25) is 0 Å². The summed E-state index contributed by atoms with van der Waals surface area (Å²) in [4.78, 5) is 16.7. The molecule has 1 atom stereocenters. The molecule has 1 aromatic rings. The first kappa shape index (κ1) is 23.9. The Balaban J connectivity index is 0.00000364. The van der Waals surface area contributed by atoms with E-state index < -0.39 is 0 Å². The highest BCUT2D eigenvalue weighted by Gasteiger charge is 2.29. The standard InChI is InChI=1S/C19H30N4O2S.HI/c1-3-20-18(23-14-19(2)9-5-12-26-19)22-11-6-10-21-17(25)15-7-4-8-16(24)13-15;/h4,7-8,13,24H,3,5-6,9-12,14H2,1-2H3,(H,21,25)(H2,20,22,23);1H. The van der Waals surface area contributed by atoms with Crippen LogP contribution in [0.1, 0.15) is 43.5 Å². The van der Waals surface area contributed by atoms with Crippen LogP contribution in [0.3, 0.4) is 0 Å². The van der Waals surface area contributed by atoms with Crippen molar-refractivity contribution in [2.45, 2.75) is 37.9 Å². The van der Waals surface area contributed by atoms with Crippen LogP contribution in [0.15, 0.2) is 29.3 Å². The zero-order valence-electron chi connectivity index (χ0n) is 16.1. The fraction of sp³-hybridized carbons (Fsp3) is 0.579. The number of aliphatic imine (C=N–C) groups is 1. The Morgan fingerprint density at radius 1 is 1.30 bits per heavy atom. The van der Waals surface area contributed by atoms with Gasteiger partial charge in [0, 0.05) is 29.9 Å². The highest BCUT2D eigenvalue weighted by atomic mass is 127. The molecule has 1 aliphatic rings. The first-order chi connectivity index (χ1) is 12.5. The summed E-state index contributed by atoms with van der Waals surface area (Å²) in [5.74, 6) is 1.99. The summed E-state index contributed by atoms with van der Waals surface area (Å²) in [5, 5.41) is 18.9. The molecule has 1 aliphatic heterocycles. The van der Waals surface area contributed by atoms with Crippen LogP contribution >= 0.6 is 35.7 Å². The summed E-state index contributed by atoms with van der Waals surface area (Å²) in [5.41, 5.74) is 0.468. The van der Waals surface area contributed by atoms with E-state index in [9.17, 15) is 9.90 Å². The molecule has 27 heavy (non-hydrogen) atoms. The molecule has 0 spiro atoms. The number of aromatic hydroxyl groups is 1. The molecule has 1 aromatic carbocycles. The predicted octanol–water partition coefficient (Wildman–Crippen LogP) is 2.97. The molecule has 0 bridgehead atoms. The molecule has 4 N–H and O–H groups in total. The van der Waals surface area contributed by atoms with Crippen molar-refractivity contribution < 1.29 is 9.90 Å². The molecule has 1 heterocycles. The molecule has 1 unspecified atom stereocenters. The van der Waals surface area contributed by atoms with Gasteiger partial charge in [-0.1, -0.05) is 6.07 Å². The van der Waals surface area contributed by atoms with E-state index in [-0.39, 0.29) is 40.4 Å². The molecule has 152 valence electrons. The van der Waals surface area contributed by atoms with Gasteiger partial charge in [0.15, 0.2) is 5.96 Å². The second-order valence-electron chi connectivity index (χ2n) is 6.68. The fourth-order valence-electron chi connectivity index (χ4n) is 2.80. The maximum atomic E-state index is 12.0. The van der Waals surface area contributed by atoms with Crippen LogP contribution in [0.4, 0.5) is 0 Å². The molecule has 1 amide bonds. The van der Waals surface area contributed by atoms with Crippen LogP contribution in [0.25, 0.3) is 0 Å². The Labute approximate surface area is 183 Å². The Bertz CT molecular complexity index is 621. The van der Waals surface area contributed by atoms with Gasteiger partial charge < -0.3 is 21.1 Å². The second-order valence-corrected chi connectivity index (χ2v) is 8.37. The minimum atomic E-state index is -0.173. The van der Waals surface area contributed by atoms with E-state index >= 15 is 0 Å². The summed E-state index contributed by atoms with van der Waals surface area (Å²) in [6.45, 7) is 7.28. The maximum Gasteiger partial charge on any atom is 0.251 e. The number of amides is 1. The lowest BCUT2D eigenvalue weighted by Crippen LogP contribution is -2.39. The Morgan fingerprint density at radius 3 is 2.74 bits per heavy atom. The minimum Gasteiger partial charge on any atom is -0.508 e. The van der Waals surface area contributed by atoms with Gasteiger partial charge in [-0.15, -0.1) is 24.0 Å². The molecule has 1 fully saturated rings. The molecular formula is C19H31IN4O2S. The average Bonchev–Trinajstić information content (AvgIpc) is 3.06. The molecule has 0 aliphatic carbocycles. The quantitative estimate of drug-likeness (QED) is 0.189. The molecule has 1 saturated heterocycles. The Morgan fingerprint density at radius 2 is 2.07 bits per heavy atom. The zero-order chi connectivity index (χ0) is 18.8. The summed E-state index contributed by atoms with van der Waals surface area (Å²) in [6.07, 6.45) is 3.29. The number of carbonyl (C=O) groups excluding carboxylic acids is 1. The van der Waals surface area contributed by atoms with Crippen molar-refractivity contribution in [1.82, 2.24) is 16.0 Å². The van der Waals surface area contributed by atoms with E-state index in [1.54, 1.807) is 18.2 Å². The topological polar surface area (TPSA) is 85.8 Å². The fourth-order valence-corrected chi connectivity index (χ4v) is 4.02. The highest BCUT2D eigenvalue weighted by Crippen LogP contribution is 2.37. The van der Waals surface area contributed by atoms with Crippen molar-refractivity contribution in [2.24, 2.45) is 4.99 Å². The number of rotatable bonds is 8. The van der Waals surface area contributed by atoms with Crippen LogP contribution in [0, 0.1) is 0 Å². The van der Waals surface area contributed by atoms with Crippen molar-refractivity contribution in [3.05, 3.63) is 29.8 Å². The van der Waals surface area contributed by atoms with Gasteiger partial charge in [-0.2, -0.15) is 11.8 Å². The molecule has 6 nitrogen and oxygen atoms in total. The average molecular weight is 506 g/mol. The van der Waals surface area contributed by atoms with E-state index in [4.69, 9.17) is 4.99 Å². The van der Waals surface area contributed by atoms with E-state index in [0.29, 0.717) is 12.1 Å². The summed E-state index contributed by atoms with van der Waals surface area (Å²) in [7, 11) is 0. The number of halogens is 1. The number of thioether (sulfide) groups is 1. The smallest absolute Gasteiger partial charge is 0.251 e. The van der Waals surface area contributed by atoms with Gasteiger partial charge >= 0.3 is 0 Å². The number of phenolic OH excluding ortho intramolecular Hbond substituents is 1. The number of guanidine groups is 1. The third-order valence-electron chi connectivity index (χ3n) is 4.26. The van der Waals surface area contributed by atoms with Crippen molar-refractivity contribution in [3.63, 3.8) is 0 Å². The van der Waals surface area contributed by atoms with E-state index in [2.05, 4.69) is 29.8 Å². The molecule has 0 saturated carbocycles. The third-order valence-corrected chi connectivity index (χ3v) is 5.78. The monoisotopic (exact) mass is 506 g/mol. The van der Waals surface area contributed by atoms with E-state index in [1.807, 2.05) is 11.8 Å². The van der Waals surface area contributed by atoms with Gasteiger partial charge in [-0.25, -0.2) is 0 Å². The lowest BCUT2D eigenvalue weighted by atomic mass is 10.1. The molecule has 0 radical (unpaired) electrons. The summed E-state index contributed by atoms with van der Waals surface area (Å²) >= 11 is 2.01. The molecule has 2 rings (SSSR count). The summed E-state index contributed by atoms with van der Waals surface area (Å²) < 4.78 is 0.261. The SMILES string of the molecule is CCNC(=NCC1(C)CCCS1)NCCCNC(=O)c1cccc(O)c1.I. The number of nitrogens with one attached hydrogen (secondary N) is 3. The van der Waals surface area contributed by atoms with E-state index in [1.165, 1.54) is 24.7 Å². The van der Waals surface area contributed by atoms with Crippen LogP contribution in [0.5, 0.6) is 5.75 Å². The number of carbonyl (C=O) groups is 1. The zero-order valence-corrected chi connectivity index (χ0v) is 19.2. The number of phenols is 1. The largest absolute Gasteiger partial charge is 0.508 e. The van der Waals surface area contributed by atoms with Crippen molar-refractivity contribution >= 4 is 47.6 Å². The number of benzene rings is 1. The first-order valence-corrected chi connectivity index (χ1v) is 10.2. The normalized spacial score (nSPS) is 19.3. The molecule has 8 heteroatoms. The maximum absolute atomic E-state index is 12.0. The van der Waals surface area contributed by atoms with E-state index in [0.717, 1.165) is 32.0 Å². The third kappa shape index (κ3) is 8.59. The Hall–Kier alpha value is -1.16. The van der Waals surface area contributed by atoms with Gasteiger partial charge in [-0.05, 0) is 57.1 Å².